The minimum absolute atomic E-state index is 0.310. The lowest BCUT2D eigenvalue weighted by Gasteiger charge is -2.04. The van der Waals surface area contributed by atoms with Gasteiger partial charge < -0.3 is 5.11 Å². The van der Waals surface area contributed by atoms with Crippen LogP contribution in [0.15, 0.2) is 21.1 Å². The van der Waals surface area contributed by atoms with Crippen molar-refractivity contribution < 1.29 is 9.90 Å². The molecule has 0 fully saturated rings. The highest BCUT2D eigenvalue weighted by Gasteiger charge is 2.12. The molecule has 0 heterocycles. The third-order valence-corrected chi connectivity index (χ3v) is 3.08. The largest absolute Gasteiger partial charge is 0.478 e. The summed E-state index contributed by atoms with van der Waals surface area (Å²) in [6.45, 7) is 1.76. The Labute approximate surface area is 86.9 Å². The summed E-state index contributed by atoms with van der Waals surface area (Å²) in [6.07, 6.45) is 0. The van der Waals surface area contributed by atoms with E-state index in [0.29, 0.717) is 10.0 Å². The van der Waals surface area contributed by atoms with Crippen molar-refractivity contribution in [3.8, 4) is 0 Å². The van der Waals surface area contributed by atoms with Crippen molar-refractivity contribution in [1.82, 2.24) is 0 Å². The molecule has 0 saturated carbocycles. The summed E-state index contributed by atoms with van der Waals surface area (Å²) in [7, 11) is 0. The topological polar surface area (TPSA) is 37.3 Å². The van der Waals surface area contributed by atoms with Gasteiger partial charge in [-0.1, -0.05) is 15.9 Å². The van der Waals surface area contributed by atoms with Crippen molar-refractivity contribution in [3.05, 3.63) is 32.2 Å². The second-order valence-corrected chi connectivity index (χ2v) is 4.04. The van der Waals surface area contributed by atoms with E-state index in [1.807, 2.05) is 6.07 Å². The molecule has 12 heavy (non-hydrogen) atoms. The first-order chi connectivity index (χ1) is 5.54. The highest BCUT2D eigenvalue weighted by molar-refractivity contribution is 9.11. The molecule has 1 rings (SSSR count). The Bertz CT molecular complexity index is 334. The Hall–Kier alpha value is -0.350. The van der Waals surface area contributed by atoms with E-state index in [9.17, 15) is 4.79 Å². The summed E-state index contributed by atoms with van der Waals surface area (Å²) in [4.78, 5) is 10.7. The van der Waals surface area contributed by atoms with Crippen molar-refractivity contribution in [1.29, 1.82) is 0 Å². The summed E-state index contributed by atoms with van der Waals surface area (Å²) >= 11 is 6.44. The van der Waals surface area contributed by atoms with Crippen LogP contribution in [0.5, 0.6) is 0 Å². The van der Waals surface area contributed by atoms with E-state index >= 15 is 0 Å². The van der Waals surface area contributed by atoms with Gasteiger partial charge in [-0.25, -0.2) is 4.79 Å². The number of rotatable bonds is 1. The van der Waals surface area contributed by atoms with Crippen LogP contribution < -0.4 is 0 Å². The number of carboxylic acid groups (broad SMARTS) is 1. The van der Waals surface area contributed by atoms with E-state index in [2.05, 4.69) is 31.9 Å². The quantitative estimate of drug-likeness (QED) is 0.863. The average molecular weight is 294 g/mol. The van der Waals surface area contributed by atoms with Gasteiger partial charge in [-0.15, -0.1) is 0 Å². The van der Waals surface area contributed by atoms with Crippen molar-refractivity contribution in [3.63, 3.8) is 0 Å². The third kappa shape index (κ3) is 1.69. The molecular formula is C8H6Br2O2. The Balaban J connectivity index is 3.43. The number of aromatic carboxylic acids is 1. The molecule has 0 bridgehead atoms. The Morgan fingerprint density at radius 2 is 1.83 bits per heavy atom. The Morgan fingerprint density at radius 3 is 2.25 bits per heavy atom. The van der Waals surface area contributed by atoms with Crippen molar-refractivity contribution >= 4 is 37.8 Å². The highest BCUT2D eigenvalue weighted by atomic mass is 79.9. The molecule has 0 amide bonds. The molecule has 0 spiro atoms. The van der Waals surface area contributed by atoms with E-state index in [4.69, 9.17) is 5.11 Å². The number of halogens is 2. The first kappa shape index (κ1) is 9.74. The van der Waals surface area contributed by atoms with Crippen LogP contribution in [-0.2, 0) is 0 Å². The zero-order chi connectivity index (χ0) is 9.30. The smallest absolute Gasteiger partial charge is 0.337 e. The normalized spacial score (nSPS) is 9.92. The monoisotopic (exact) mass is 292 g/mol. The Morgan fingerprint density at radius 1 is 1.33 bits per heavy atom. The second kappa shape index (κ2) is 3.58. The standard InChI is InChI=1S/C8H6Br2O2/c1-4-5(9)2-3-6(10)7(4)8(11)12/h2-3H,1H3,(H,11,12). The maximum absolute atomic E-state index is 10.7. The highest BCUT2D eigenvalue weighted by Crippen LogP contribution is 2.26. The summed E-state index contributed by atoms with van der Waals surface area (Å²) in [5, 5.41) is 8.82. The van der Waals surface area contributed by atoms with E-state index in [0.717, 1.165) is 10.0 Å². The molecule has 0 saturated heterocycles. The molecule has 1 N–H and O–H groups in total. The fourth-order valence-corrected chi connectivity index (χ4v) is 1.85. The van der Waals surface area contributed by atoms with Crippen LogP contribution in [0.1, 0.15) is 15.9 Å². The van der Waals surface area contributed by atoms with Gasteiger partial charge in [0, 0.05) is 8.95 Å². The summed E-state index contributed by atoms with van der Waals surface area (Å²) in [5.74, 6) is -0.916. The van der Waals surface area contributed by atoms with Gasteiger partial charge in [0.15, 0.2) is 0 Å². The minimum atomic E-state index is -0.916. The second-order valence-electron chi connectivity index (χ2n) is 2.33. The number of carboxylic acids is 1. The molecule has 0 unspecified atom stereocenters. The van der Waals surface area contributed by atoms with Gasteiger partial charge in [0.05, 0.1) is 5.56 Å². The van der Waals surface area contributed by atoms with Gasteiger partial charge in [-0.2, -0.15) is 0 Å². The van der Waals surface area contributed by atoms with Gasteiger partial charge in [-0.3, -0.25) is 0 Å². The predicted octanol–water partition coefficient (Wildman–Crippen LogP) is 3.22. The summed E-state index contributed by atoms with van der Waals surface area (Å²) in [6, 6.07) is 3.52. The van der Waals surface area contributed by atoms with Gasteiger partial charge in [0.2, 0.25) is 0 Å². The Kier molecular flexibility index (Phi) is 2.90. The van der Waals surface area contributed by atoms with Crippen LogP contribution in [0.4, 0.5) is 0 Å². The molecular weight excluding hydrogens is 288 g/mol. The molecule has 2 nitrogen and oxygen atoms in total. The maximum Gasteiger partial charge on any atom is 0.337 e. The van der Waals surface area contributed by atoms with Crippen LogP contribution in [0.3, 0.4) is 0 Å². The van der Waals surface area contributed by atoms with E-state index in [-0.39, 0.29) is 0 Å². The predicted molar refractivity (Wildman–Crippen MR) is 53.5 cm³/mol. The van der Waals surface area contributed by atoms with Crippen LogP contribution >= 0.6 is 31.9 Å². The molecule has 64 valence electrons. The van der Waals surface area contributed by atoms with E-state index in [1.165, 1.54) is 0 Å². The summed E-state index contributed by atoms with van der Waals surface area (Å²) < 4.78 is 1.42. The zero-order valence-electron chi connectivity index (χ0n) is 6.27. The molecule has 0 aliphatic carbocycles. The molecule has 0 aromatic heterocycles. The summed E-state index contributed by atoms with van der Waals surface area (Å²) in [5.41, 5.74) is 1.04. The maximum atomic E-state index is 10.7. The zero-order valence-corrected chi connectivity index (χ0v) is 9.44. The van der Waals surface area contributed by atoms with Crippen LogP contribution in [-0.4, -0.2) is 11.1 Å². The number of benzene rings is 1. The molecule has 1 aromatic rings. The lowest BCUT2D eigenvalue weighted by molar-refractivity contribution is 0.0695. The lowest BCUT2D eigenvalue weighted by Crippen LogP contribution is -2.01. The molecule has 0 aliphatic rings. The fourth-order valence-electron chi connectivity index (χ4n) is 0.916. The third-order valence-electron chi connectivity index (χ3n) is 1.56. The number of hydrogen-bond acceptors (Lipinski definition) is 1. The van der Waals surface area contributed by atoms with Gasteiger partial charge in [0.25, 0.3) is 0 Å². The number of carbonyl (C=O) groups is 1. The van der Waals surface area contributed by atoms with Gasteiger partial charge in [0.1, 0.15) is 0 Å². The van der Waals surface area contributed by atoms with Crippen LogP contribution in [0, 0.1) is 6.92 Å². The van der Waals surface area contributed by atoms with Crippen molar-refractivity contribution in [2.75, 3.05) is 0 Å². The SMILES string of the molecule is Cc1c(Br)ccc(Br)c1C(=O)O. The van der Waals surface area contributed by atoms with Crippen molar-refractivity contribution in [2.24, 2.45) is 0 Å². The van der Waals surface area contributed by atoms with Crippen LogP contribution in [0.25, 0.3) is 0 Å². The molecule has 4 heteroatoms. The minimum Gasteiger partial charge on any atom is -0.478 e. The average Bonchev–Trinajstić information content (AvgIpc) is 1.97. The van der Waals surface area contributed by atoms with E-state index in [1.54, 1.807) is 13.0 Å². The van der Waals surface area contributed by atoms with Crippen molar-refractivity contribution in [2.45, 2.75) is 6.92 Å². The van der Waals surface area contributed by atoms with Gasteiger partial charge >= 0.3 is 5.97 Å². The lowest BCUT2D eigenvalue weighted by atomic mass is 10.1. The fraction of sp³-hybridized carbons (Fsp3) is 0.125. The molecule has 1 aromatic carbocycles. The van der Waals surface area contributed by atoms with E-state index < -0.39 is 5.97 Å². The first-order valence-corrected chi connectivity index (χ1v) is 4.80. The molecule has 0 aliphatic heterocycles. The molecule has 0 radical (unpaired) electrons. The van der Waals surface area contributed by atoms with Gasteiger partial charge in [-0.05, 0) is 40.5 Å². The molecule has 0 atom stereocenters. The first-order valence-electron chi connectivity index (χ1n) is 3.22. The number of hydrogen-bond donors (Lipinski definition) is 1. The van der Waals surface area contributed by atoms with Crippen LogP contribution in [0.2, 0.25) is 0 Å².